The van der Waals surface area contributed by atoms with Crippen LogP contribution in [0.3, 0.4) is 0 Å². The van der Waals surface area contributed by atoms with E-state index < -0.39 is 0 Å². The zero-order valence-corrected chi connectivity index (χ0v) is 18.8. The largest absolute Gasteiger partial charge is 0.249 e. The standard InChI is InChI=1S/C21H22N4S3/c1-13(18-22-9-10-27-18)11-14-5-6-15-16(12-14)28-19(24-15)21(2,3)17-7-8-23-20(25-17)26-4/h5-10,12-13H,11H2,1-4H3. The van der Waals surface area contributed by atoms with Gasteiger partial charge in [-0.2, -0.15) is 0 Å². The Morgan fingerprint density at radius 3 is 2.71 bits per heavy atom. The lowest BCUT2D eigenvalue weighted by molar-refractivity contribution is 0.600. The van der Waals surface area contributed by atoms with Gasteiger partial charge in [0.1, 0.15) is 5.01 Å². The zero-order chi connectivity index (χ0) is 19.7. The molecule has 1 atom stereocenters. The van der Waals surface area contributed by atoms with Crippen LogP contribution in [-0.4, -0.2) is 26.2 Å². The van der Waals surface area contributed by atoms with Gasteiger partial charge >= 0.3 is 0 Å². The summed E-state index contributed by atoms with van der Waals surface area (Å²) in [5.74, 6) is 0.423. The van der Waals surface area contributed by atoms with E-state index in [4.69, 9.17) is 9.97 Å². The van der Waals surface area contributed by atoms with Crippen molar-refractivity contribution in [1.82, 2.24) is 19.9 Å². The van der Waals surface area contributed by atoms with Crippen LogP contribution >= 0.6 is 34.4 Å². The van der Waals surface area contributed by atoms with Gasteiger partial charge in [-0.1, -0.05) is 24.8 Å². The number of nitrogens with zero attached hydrogens (tertiary/aromatic N) is 4. The van der Waals surface area contributed by atoms with Crippen LogP contribution < -0.4 is 0 Å². The van der Waals surface area contributed by atoms with Gasteiger partial charge in [-0.3, -0.25) is 0 Å². The number of fused-ring (bicyclic) bond motifs is 1. The van der Waals surface area contributed by atoms with E-state index in [0.717, 1.165) is 27.8 Å². The second-order valence-corrected chi connectivity index (χ2v) is 10.1. The van der Waals surface area contributed by atoms with E-state index >= 15 is 0 Å². The van der Waals surface area contributed by atoms with Crippen molar-refractivity contribution >= 4 is 44.7 Å². The third-order valence-electron chi connectivity index (χ3n) is 4.86. The number of aromatic nitrogens is 4. The van der Waals surface area contributed by atoms with E-state index in [-0.39, 0.29) is 5.41 Å². The molecule has 0 saturated heterocycles. The van der Waals surface area contributed by atoms with Gasteiger partial charge in [0.25, 0.3) is 0 Å². The average Bonchev–Trinajstić information content (AvgIpc) is 3.38. The molecule has 3 heterocycles. The van der Waals surface area contributed by atoms with Gasteiger partial charge in [-0.15, -0.1) is 22.7 Å². The molecule has 0 fully saturated rings. The van der Waals surface area contributed by atoms with Crippen LogP contribution in [0.5, 0.6) is 0 Å². The Labute approximate surface area is 177 Å². The summed E-state index contributed by atoms with van der Waals surface area (Å²) in [4.78, 5) is 18.4. The molecule has 7 heteroatoms. The fraction of sp³-hybridized carbons (Fsp3) is 0.333. The van der Waals surface area contributed by atoms with Crippen LogP contribution in [0.25, 0.3) is 10.2 Å². The van der Waals surface area contributed by atoms with E-state index in [0.29, 0.717) is 5.92 Å². The van der Waals surface area contributed by atoms with Crippen molar-refractivity contribution in [2.45, 2.75) is 43.7 Å². The average molecular weight is 427 g/mol. The van der Waals surface area contributed by atoms with Gasteiger partial charge in [0.05, 0.1) is 26.3 Å². The van der Waals surface area contributed by atoms with E-state index in [1.807, 2.05) is 30.1 Å². The lowest BCUT2D eigenvalue weighted by atomic mass is 9.90. The quantitative estimate of drug-likeness (QED) is 0.282. The first-order valence-electron chi connectivity index (χ1n) is 9.14. The predicted octanol–water partition coefficient (Wildman–Crippen LogP) is 5.94. The topological polar surface area (TPSA) is 51.6 Å². The third kappa shape index (κ3) is 3.83. The lowest BCUT2D eigenvalue weighted by Gasteiger charge is -2.21. The highest BCUT2D eigenvalue weighted by atomic mass is 32.2. The molecule has 0 N–H and O–H groups in total. The molecular formula is C21H22N4S3. The molecule has 1 unspecified atom stereocenters. The van der Waals surface area contributed by atoms with Gasteiger partial charge in [0, 0.05) is 23.7 Å². The van der Waals surface area contributed by atoms with Crippen LogP contribution in [0, 0.1) is 0 Å². The summed E-state index contributed by atoms with van der Waals surface area (Å²) in [6.45, 7) is 6.61. The molecular weight excluding hydrogens is 404 g/mol. The Kier molecular flexibility index (Phi) is 5.49. The zero-order valence-electron chi connectivity index (χ0n) is 16.3. The minimum Gasteiger partial charge on any atom is -0.249 e. The summed E-state index contributed by atoms with van der Waals surface area (Å²) in [5, 5.41) is 5.12. The maximum absolute atomic E-state index is 4.93. The molecule has 0 saturated carbocycles. The molecule has 3 aromatic heterocycles. The maximum Gasteiger partial charge on any atom is 0.187 e. The Balaban J connectivity index is 1.64. The van der Waals surface area contributed by atoms with Gasteiger partial charge in [-0.25, -0.2) is 19.9 Å². The molecule has 144 valence electrons. The van der Waals surface area contributed by atoms with Crippen molar-refractivity contribution in [3.05, 3.63) is 63.3 Å². The summed E-state index contributed by atoms with van der Waals surface area (Å²) in [5.41, 5.74) is 3.13. The smallest absolute Gasteiger partial charge is 0.187 e. The lowest BCUT2D eigenvalue weighted by Crippen LogP contribution is -2.20. The third-order valence-corrected chi connectivity index (χ3v) is 7.77. The molecule has 4 nitrogen and oxygen atoms in total. The highest BCUT2D eigenvalue weighted by Gasteiger charge is 2.29. The van der Waals surface area contributed by atoms with E-state index in [1.54, 1.807) is 34.4 Å². The molecule has 0 amide bonds. The van der Waals surface area contributed by atoms with Crippen molar-refractivity contribution < 1.29 is 0 Å². The maximum atomic E-state index is 4.93. The van der Waals surface area contributed by atoms with Crippen LogP contribution in [0.1, 0.15) is 48.0 Å². The van der Waals surface area contributed by atoms with Crippen molar-refractivity contribution in [2.75, 3.05) is 6.26 Å². The van der Waals surface area contributed by atoms with Crippen LogP contribution in [-0.2, 0) is 11.8 Å². The van der Waals surface area contributed by atoms with Crippen molar-refractivity contribution in [2.24, 2.45) is 0 Å². The predicted molar refractivity (Wildman–Crippen MR) is 120 cm³/mol. The Hall–Kier alpha value is -1.83. The highest BCUT2D eigenvalue weighted by Crippen LogP contribution is 2.36. The monoisotopic (exact) mass is 426 g/mol. The second-order valence-electron chi connectivity index (χ2n) is 7.35. The number of rotatable bonds is 6. The number of hydrogen-bond acceptors (Lipinski definition) is 7. The van der Waals surface area contributed by atoms with Gasteiger partial charge in [0.2, 0.25) is 0 Å². The molecule has 0 spiro atoms. The van der Waals surface area contributed by atoms with Gasteiger partial charge in [-0.05, 0) is 50.3 Å². The van der Waals surface area contributed by atoms with Crippen LogP contribution in [0.4, 0.5) is 0 Å². The molecule has 28 heavy (non-hydrogen) atoms. The fourth-order valence-corrected chi connectivity index (χ4v) is 5.37. The summed E-state index contributed by atoms with van der Waals surface area (Å²) < 4.78 is 1.23. The second kappa shape index (κ2) is 7.89. The summed E-state index contributed by atoms with van der Waals surface area (Å²) in [7, 11) is 0. The molecule has 0 radical (unpaired) electrons. The Morgan fingerprint density at radius 1 is 1.11 bits per heavy atom. The van der Waals surface area contributed by atoms with Gasteiger partial charge < -0.3 is 0 Å². The minimum atomic E-state index is -0.258. The molecule has 0 aliphatic carbocycles. The van der Waals surface area contributed by atoms with Crippen LogP contribution in [0.15, 0.2) is 47.2 Å². The number of thioether (sulfide) groups is 1. The Morgan fingerprint density at radius 2 is 1.96 bits per heavy atom. The minimum absolute atomic E-state index is 0.258. The first-order valence-corrected chi connectivity index (χ1v) is 12.1. The molecule has 0 aliphatic heterocycles. The van der Waals surface area contributed by atoms with Crippen LogP contribution in [0.2, 0.25) is 0 Å². The van der Waals surface area contributed by atoms with E-state index in [9.17, 15) is 0 Å². The van der Waals surface area contributed by atoms with E-state index in [1.165, 1.54) is 15.3 Å². The Bertz CT molecular complexity index is 1090. The van der Waals surface area contributed by atoms with E-state index in [2.05, 4.69) is 48.9 Å². The number of hydrogen-bond donors (Lipinski definition) is 0. The van der Waals surface area contributed by atoms with Crippen molar-refractivity contribution in [1.29, 1.82) is 0 Å². The van der Waals surface area contributed by atoms with Crippen molar-refractivity contribution in [3.8, 4) is 0 Å². The first-order chi connectivity index (χ1) is 13.5. The summed E-state index contributed by atoms with van der Waals surface area (Å²) in [6.07, 6.45) is 6.70. The normalized spacial score (nSPS) is 13.1. The molecule has 4 aromatic rings. The first kappa shape index (κ1) is 19.5. The fourth-order valence-electron chi connectivity index (χ4n) is 3.18. The molecule has 4 rings (SSSR count). The molecule has 0 bridgehead atoms. The molecule has 1 aromatic carbocycles. The summed E-state index contributed by atoms with van der Waals surface area (Å²) >= 11 is 5.05. The van der Waals surface area contributed by atoms with Gasteiger partial charge in [0.15, 0.2) is 5.16 Å². The van der Waals surface area contributed by atoms with Crippen molar-refractivity contribution in [3.63, 3.8) is 0 Å². The number of benzene rings is 1. The summed E-state index contributed by atoms with van der Waals surface area (Å²) in [6, 6.07) is 8.61. The SMILES string of the molecule is CSc1nccc(C(C)(C)c2nc3ccc(CC(C)c4nccs4)cc3s2)n1. The highest BCUT2D eigenvalue weighted by molar-refractivity contribution is 7.98. The molecule has 0 aliphatic rings. The number of thiazole rings is 2.